The van der Waals surface area contributed by atoms with E-state index < -0.39 is 47.9 Å². The molecule has 0 radical (unpaired) electrons. The maximum atomic E-state index is 13.3. The number of nitrogens with zero attached hydrogens (tertiary/aromatic N) is 2. The van der Waals surface area contributed by atoms with E-state index in [9.17, 15) is 24.3 Å². The number of hydrogen-bond donors (Lipinski definition) is 9. The van der Waals surface area contributed by atoms with Gasteiger partial charge < -0.3 is 49.0 Å². The molecule has 0 bridgehead atoms. The van der Waals surface area contributed by atoms with Crippen molar-refractivity contribution in [3.05, 3.63) is 18.2 Å². The molecule has 0 spiro atoms. The third-order valence-electron chi connectivity index (χ3n) is 5.81. The Morgan fingerprint density at radius 3 is 2.08 bits per heavy atom. The first-order valence-electron chi connectivity index (χ1n) is 13.1. The van der Waals surface area contributed by atoms with Crippen molar-refractivity contribution in [1.82, 2.24) is 25.9 Å². The zero-order valence-electron chi connectivity index (χ0n) is 22.7. The lowest BCUT2D eigenvalue weighted by Crippen LogP contribution is -2.57. The molecule has 13 N–H and O–H groups in total. The Labute approximate surface area is 228 Å². The number of H-pyrrole nitrogens is 1. The van der Waals surface area contributed by atoms with Crippen LogP contribution in [0.25, 0.3) is 0 Å². The van der Waals surface area contributed by atoms with Crippen LogP contribution in [0.4, 0.5) is 0 Å². The van der Waals surface area contributed by atoms with Crippen LogP contribution in [0.2, 0.25) is 0 Å². The van der Waals surface area contributed by atoms with Crippen LogP contribution in [0.5, 0.6) is 0 Å². The highest BCUT2D eigenvalue weighted by atomic mass is 16.4. The lowest BCUT2D eigenvalue weighted by molar-refractivity contribution is -0.142. The van der Waals surface area contributed by atoms with E-state index in [2.05, 4.69) is 30.9 Å². The van der Waals surface area contributed by atoms with E-state index in [4.69, 9.17) is 22.9 Å². The number of aromatic amines is 1. The van der Waals surface area contributed by atoms with Crippen molar-refractivity contribution >= 4 is 29.7 Å². The molecule has 15 nitrogen and oxygen atoms in total. The number of carboxylic acid groups (broad SMARTS) is 1. The topological polar surface area (TPSA) is 270 Å². The van der Waals surface area contributed by atoms with Gasteiger partial charge in [0.25, 0.3) is 0 Å². The second-order valence-electron chi connectivity index (χ2n) is 9.77. The Kier molecular flexibility index (Phi) is 15.1. The molecule has 1 aromatic heterocycles. The van der Waals surface area contributed by atoms with Crippen LogP contribution in [-0.4, -0.2) is 82.0 Å². The van der Waals surface area contributed by atoms with Crippen molar-refractivity contribution in [2.75, 3.05) is 13.1 Å². The molecule has 0 saturated carbocycles. The third-order valence-corrected chi connectivity index (χ3v) is 5.81. The van der Waals surface area contributed by atoms with Crippen molar-refractivity contribution in [3.8, 4) is 0 Å². The molecule has 0 aliphatic carbocycles. The molecule has 4 atom stereocenters. The minimum Gasteiger partial charge on any atom is -0.480 e. The van der Waals surface area contributed by atoms with Crippen LogP contribution < -0.4 is 38.9 Å². The summed E-state index contributed by atoms with van der Waals surface area (Å²) in [6, 6.07) is -4.15. The van der Waals surface area contributed by atoms with E-state index in [1.54, 1.807) is 0 Å². The number of carbonyl (C=O) groups excluding carboxylic acids is 3. The second kappa shape index (κ2) is 17.7. The number of carboxylic acids is 1. The molecule has 1 rings (SSSR count). The fourth-order valence-electron chi connectivity index (χ4n) is 3.79. The molecule has 1 aromatic rings. The molecule has 0 aliphatic heterocycles. The van der Waals surface area contributed by atoms with Crippen molar-refractivity contribution in [1.29, 1.82) is 0 Å². The van der Waals surface area contributed by atoms with Gasteiger partial charge in [-0.15, -0.1) is 0 Å². The van der Waals surface area contributed by atoms with Crippen LogP contribution in [0.3, 0.4) is 0 Å². The van der Waals surface area contributed by atoms with Crippen molar-refractivity contribution in [2.45, 2.75) is 83.0 Å². The quantitative estimate of drug-likeness (QED) is 0.0519. The highest BCUT2D eigenvalue weighted by Gasteiger charge is 2.30. The molecule has 0 fully saturated rings. The summed E-state index contributed by atoms with van der Waals surface area (Å²) in [7, 11) is 0. The number of aliphatic carboxylic acids is 1. The van der Waals surface area contributed by atoms with Gasteiger partial charge in [-0.1, -0.05) is 13.8 Å². The molecule has 0 aliphatic rings. The van der Waals surface area contributed by atoms with E-state index in [0.717, 1.165) is 0 Å². The van der Waals surface area contributed by atoms with Gasteiger partial charge in [0.2, 0.25) is 17.7 Å². The fourth-order valence-corrected chi connectivity index (χ4v) is 3.79. The maximum absolute atomic E-state index is 13.3. The Morgan fingerprint density at radius 1 is 0.974 bits per heavy atom. The number of nitrogens with two attached hydrogens (primary N) is 4. The van der Waals surface area contributed by atoms with E-state index in [1.807, 2.05) is 13.8 Å². The van der Waals surface area contributed by atoms with E-state index in [0.29, 0.717) is 37.9 Å². The summed E-state index contributed by atoms with van der Waals surface area (Å²) in [5, 5.41) is 17.4. The minimum atomic E-state index is -1.27. The third kappa shape index (κ3) is 13.6. The molecule has 15 heteroatoms. The van der Waals surface area contributed by atoms with Crippen LogP contribution in [0.1, 0.15) is 58.1 Å². The number of aromatic nitrogens is 2. The number of carbonyl (C=O) groups is 4. The second-order valence-corrected chi connectivity index (χ2v) is 9.77. The highest BCUT2D eigenvalue weighted by molar-refractivity contribution is 5.94. The number of rotatable bonds is 19. The number of imidazole rings is 1. The minimum absolute atomic E-state index is 0.0404. The molecule has 0 saturated heterocycles. The van der Waals surface area contributed by atoms with Crippen LogP contribution in [0.15, 0.2) is 17.5 Å². The van der Waals surface area contributed by atoms with Crippen LogP contribution in [-0.2, 0) is 25.6 Å². The lowest BCUT2D eigenvalue weighted by atomic mass is 10.0. The first-order valence-corrected chi connectivity index (χ1v) is 13.1. The van der Waals surface area contributed by atoms with Crippen molar-refractivity contribution < 1.29 is 24.3 Å². The number of guanidine groups is 1. The Bertz CT molecular complexity index is 934. The Morgan fingerprint density at radius 2 is 1.56 bits per heavy atom. The van der Waals surface area contributed by atoms with E-state index in [1.165, 1.54) is 12.5 Å². The lowest BCUT2D eigenvalue weighted by Gasteiger charge is -2.25. The smallest absolute Gasteiger partial charge is 0.326 e. The number of amides is 3. The van der Waals surface area contributed by atoms with Crippen LogP contribution >= 0.6 is 0 Å². The van der Waals surface area contributed by atoms with Gasteiger partial charge in [0.15, 0.2) is 5.96 Å². The Hall–Kier alpha value is -3.72. The van der Waals surface area contributed by atoms with Crippen molar-refractivity contribution in [3.63, 3.8) is 0 Å². The number of nitrogens with one attached hydrogen (secondary N) is 4. The average molecular weight is 553 g/mol. The standard InChI is InChI=1S/C24H44N10O5/c1-14(2)10-16(26)20(35)32-17(6-3-4-8-25)21(36)33-18(7-5-9-30-24(27)28)22(37)34-19(23(38)39)11-15-12-29-13-31-15/h12-14,16-19H,3-11,25-26H2,1-2H3,(H,29,31)(H,32,35)(H,33,36)(H,34,37)(H,38,39)(H4,27,28,30). The molecule has 1 heterocycles. The predicted molar refractivity (Wildman–Crippen MR) is 146 cm³/mol. The molecular weight excluding hydrogens is 508 g/mol. The van der Waals surface area contributed by atoms with Gasteiger partial charge >= 0.3 is 5.97 Å². The maximum Gasteiger partial charge on any atom is 0.326 e. The number of aliphatic imine (C=N–C) groups is 1. The number of unbranched alkanes of at least 4 members (excludes halogenated alkanes) is 1. The predicted octanol–water partition coefficient (Wildman–Crippen LogP) is -1.95. The summed E-state index contributed by atoms with van der Waals surface area (Å²) in [5.41, 5.74) is 22.8. The zero-order valence-corrected chi connectivity index (χ0v) is 22.7. The van der Waals surface area contributed by atoms with E-state index >= 15 is 0 Å². The summed E-state index contributed by atoms with van der Waals surface area (Å²) in [6.07, 6.45) is 5.15. The summed E-state index contributed by atoms with van der Waals surface area (Å²) in [4.78, 5) is 61.4. The van der Waals surface area contributed by atoms with Gasteiger partial charge in [-0.3, -0.25) is 19.4 Å². The molecule has 220 valence electrons. The summed E-state index contributed by atoms with van der Waals surface area (Å²) < 4.78 is 0. The summed E-state index contributed by atoms with van der Waals surface area (Å²) >= 11 is 0. The number of hydrogen-bond acceptors (Lipinski definition) is 8. The van der Waals surface area contributed by atoms with Gasteiger partial charge in [0.05, 0.1) is 12.4 Å². The normalized spacial score (nSPS) is 14.1. The van der Waals surface area contributed by atoms with Gasteiger partial charge in [0.1, 0.15) is 18.1 Å². The van der Waals surface area contributed by atoms with Crippen LogP contribution in [0, 0.1) is 5.92 Å². The summed E-state index contributed by atoms with van der Waals surface area (Å²) in [6.45, 7) is 4.47. The monoisotopic (exact) mass is 552 g/mol. The molecule has 3 amide bonds. The van der Waals surface area contributed by atoms with Crippen molar-refractivity contribution in [2.24, 2.45) is 33.8 Å². The van der Waals surface area contributed by atoms with Gasteiger partial charge in [-0.05, 0) is 51.0 Å². The fraction of sp³-hybridized carbons (Fsp3) is 0.667. The SMILES string of the molecule is CC(C)CC(N)C(=O)NC(CCCCN)C(=O)NC(CCCN=C(N)N)C(=O)NC(Cc1cnc[nH]1)C(=O)O. The van der Waals surface area contributed by atoms with E-state index in [-0.39, 0.29) is 37.7 Å². The molecule has 4 unspecified atom stereocenters. The molecular formula is C24H44N10O5. The van der Waals surface area contributed by atoms with Gasteiger partial charge in [0, 0.05) is 24.9 Å². The van der Waals surface area contributed by atoms with Gasteiger partial charge in [-0.25, -0.2) is 9.78 Å². The Balaban J connectivity index is 3.04. The average Bonchev–Trinajstić information content (AvgIpc) is 3.37. The first kappa shape index (κ1) is 33.3. The summed E-state index contributed by atoms with van der Waals surface area (Å²) in [5.74, 6) is -2.98. The largest absolute Gasteiger partial charge is 0.480 e. The molecule has 0 aromatic carbocycles. The molecule has 39 heavy (non-hydrogen) atoms. The van der Waals surface area contributed by atoms with Gasteiger partial charge in [-0.2, -0.15) is 0 Å². The highest BCUT2D eigenvalue weighted by Crippen LogP contribution is 2.08. The first-order chi connectivity index (χ1) is 18.4. The zero-order chi connectivity index (χ0) is 29.4.